The second-order valence-corrected chi connectivity index (χ2v) is 6.91. The normalized spacial score (nSPS) is 12.7. The largest absolute Gasteiger partial charge is 0.392 e. The molecule has 0 radical (unpaired) electrons. The molecule has 0 fully saturated rings. The predicted octanol–water partition coefficient (Wildman–Crippen LogP) is 4.13. The summed E-state index contributed by atoms with van der Waals surface area (Å²) in [6, 6.07) is 14.3. The first-order valence-electron chi connectivity index (χ1n) is 6.61. The van der Waals surface area contributed by atoms with Crippen LogP contribution in [0.3, 0.4) is 0 Å². The number of para-hydroxylation sites is 1. The zero-order chi connectivity index (χ0) is 14.7. The van der Waals surface area contributed by atoms with Gasteiger partial charge in [0.2, 0.25) is 0 Å². The van der Waals surface area contributed by atoms with Crippen molar-refractivity contribution in [1.29, 1.82) is 0 Å². The Balaban J connectivity index is 1.58. The maximum Gasteiger partial charge on any atom is 0.123 e. The van der Waals surface area contributed by atoms with Gasteiger partial charge in [0.1, 0.15) is 5.82 Å². The smallest absolute Gasteiger partial charge is 0.123 e. The van der Waals surface area contributed by atoms with Crippen molar-refractivity contribution in [3.8, 4) is 0 Å². The van der Waals surface area contributed by atoms with Gasteiger partial charge in [-0.15, -0.1) is 23.1 Å². The van der Waals surface area contributed by atoms with Gasteiger partial charge >= 0.3 is 0 Å². The summed E-state index contributed by atoms with van der Waals surface area (Å²) in [5, 5.41) is 11.1. The van der Waals surface area contributed by atoms with Crippen LogP contribution in [0.4, 0.5) is 4.39 Å². The Morgan fingerprint density at radius 1 is 1.14 bits per heavy atom. The first-order valence-corrected chi connectivity index (χ1v) is 8.42. The molecule has 0 spiro atoms. The third-order valence-corrected chi connectivity index (χ3v) is 5.22. The molecular weight excluding hydrogens is 305 g/mol. The van der Waals surface area contributed by atoms with Gasteiger partial charge < -0.3 is 5.11 Å². The molecule has 1 N–H and O–H groups in total. The lowest BCUT2D eigenvalue weighted by atomic mass is 10.3. The molecular formula is C16H14FNOS2. The Labute approximate surface area is 130 Å². The van der Waals surface area contributed by atoms with Gasteiger partial charge in [0, 0.05) is 17.1 Å². The van der Waals surface area contributed by atoms with Crippen molar-refractivity contribution in [1.82, 2.24) is 4.98 Å². The molecule has 2 aromatic carbocycles. The van der Waals surface area contributed by atoms with E-state index in [4.69, 9.17) is 0 Å². The van der Waals surface area contributed by atoms with Crippen LogP contribution in [0, 0.1) is 5.82 Å². The van der Waals surface area contributed by atoms with Gasteiger partial charge in [-0.2, -0.15) is 0 Å². The van der Waals surface area contributed by atoms with Crippen molar-refractivity contribution < 1.29 is 9.50 Å². The summed E-state index contributed by atoms with van der Waals surface area (Å²) in [5.41, 5.74) is 0.982. The molecule has 0 saturated carbocycles. The number of rotatable bonds is 5. The average molecular weight is 319 g/mol. The number of fused-ring (bicyclic) bond motifs is 1. The predicted molar refractivity (Wildman–Crippen MR) is 86.5 cm³/mol. The van der Waals surface area contributed by atoms with Gasteiger partial charge in [-0.3, -0.25) is 0 Å². The number of thiazole rings is 1. The second-order valence-electron chi connectivity index (χ2n) is 4.70. The van der Waals surface area contributed by atoms with E-state index in [1.807, 2.05) is 24.3 Å². The van der Waals surface area contributed by atoms with Crippen LogP contribution in [0.5, 0.6) is 0 Å². The van der Waals surface area contributed by atoms with Crippen LogP contribution in [-0.4, -0.2) is 21.9 Å². The van der Waals surface area contributed by atoms with Crippen molar-refractivity contribution in [3.63, 3.8) is 0 Å². The molecule has 3 rings (SSSR count). The molecule has 2 nitrogen and oxygen atoms in total. The molecule has 108 valence electrons. The summed E-state index contributed by atoms with van der Waals surface area (Å²) in [4.78, 5) is 5.48. The van der Waals surface area contributed by atoms with Crippen LogP contribution >= 0.6 is 23.1 Å². The van der Waals surface area contributed by atoms with E-state index in [0.717, 1.165) is 20.1 Å². The standard InChI is InChI=1S/C16H14FNOS2/c17-11-5-7-13(8-6-11)20-10-12(19)9-16-18-14-3-1-2-4-15(14)21-16/h1-8,12,19H,9-10H2. The summed E-state index contributed by atoms with van der Waals surface area (Å²) >= 11 is 3.14. The second kappa shape index (κ2) is 6.56. The highest BCUT2D eigenvalue weighted by Crippen LogP contribution is 2.24. The molecule has 1 heterocycles. The monoisotopic (exact) mass is 319 g/mol. The van der Waals surface area contributed by atoms with Gasteiger partial charge in [0.05, 0.1) is 21.3 Å². The summed E-state index contributed by atoms with van der Waals surface area (Å²) in [6.07, 6.45) is 0.0914. The summed E-state index contributed by atoms with van der Waals surface area (Å²) in [6.45, 7) is 0. The fourth-order valence-corrected chi connectivity index (χ4v) is 3.86. The van der Waals surface area contributed by atoms with Crippen LogP contribution in [0.2, 0.25) is 0 Å². The van der Waals surface area contributed by atoms with Gasteiger partial charge in [0.15, 0.2) is 0 Å². The van der Waals surface area contributed by atoms with Crippen LogP contribution in [0.25, 0.3) is 10.2 Å². The Bertz CT molecular complexity index is 693. The maximum absolute atomic E-state index is 12.8. The number of aliphatic hydroxyl groups is 1. The maximum atomic E-state index is 12.8. The van der Waals surface area contributed by atoms with Crippen LogP contribution < -0.4 is 0 Å². The van der Waals surface area contributed by atoms with Gasteiger partial charge in [-0.25, -0.2) is 9.37 Å². The van der Waals surface area contributed by atoms with E-state index < -0.39 is 6.10 Å². The Kier molecular flexibility index (Phi) is 4.53. The minimum Gasteiger partial charge on any atom is -0.392 e. The third-order valence-electron chi connectivity index (χ3n) is 3.00. The zero-order valence-corrected chi connectivity index (χ0v) is 12.8. The van der Waals surface area contributed by atoms with Crippen molar-refractivity contribution in [2.24, 2.45) is 0 Å². The number of nitrogens with zero attached hydrogens (tertiary/aromatic N) is 1. The first kappa shape index (κ1) is 14.5. The molecule has 0 aliphatic heterocycles. The molecule has 21 heavy (non-hydrogen) atoms. The molecule has 1 atom stereocenters. The Hall–Kier alpha value is -1.43. The van der Waals surface area contributed by atoms with Crippen molar-refractivity contribution in [2.75, 3.05) is 5.75 Å². The minimum atomic E-state index is -0.458. The third kappa shape index (κ3) is 3.81. The lowest BCUT2D eigenvalue weighted by Crippen LogP contribution is -2.13. The lowest BCUT2D eigenvalue weighted by Gasteiger charge is -2.08. The van der Waals surface area contributed by atoms with Crippen molar-refractivity contribution >= 4 is 33.3 Å². The van der Waals surface area contributed by atoms with Gasteiger partial charge in [-0.1, -0.05) is 12.1 Å². The molecule has 5 heteroatoms. The van der Waals surface area contributed by atoms with E-state index in [9.17, 15) is 9.50 Å². The highest BCUT2D eigenvalue weighted by Gasteiger charge is 2.10. The molecule has 0 aliphatic carbocycles. The van der Waals surface area contributed by atoms with E-state index in [0.29, 0.717) is 12.2 Å². The van der Waals surface area contributed by atoms with E-state index >= 15 is 0 Å². The molecule has 1 unspecified atom stereocenters. The van der Waals surface area contributed by atoms with E-state index in [2.05, 4.69) is 4.98 Å². The van der Waals surface area contributed by atoms with E-state index in [1.165, 1.54) is 23.9 Å². The summed E-state index contributed by atoms with van der Waals surface area (Å²) in [7, 11) is 0. The molecule has 3 aromatic rings. The van der Waals surface area contributed by atoms with Crippen LogP contribution in [0.15, 0.2) is 53.4 Å². The Morgan fingerprint density at radius 3 is 2.67 bits per heavy atom. The fraction of sp³-hybridized carbons (Fsp3) is 0.188. The van der Waals surface area contributed by atoms with Crippen LogP contribution in [-0.2, 0) is 6.42 Å². The highest BCUT2D eigenvalue weighted by molar-refractivity contribution is 7.99. The summed E-state index contributed by atoms with van der Waals surface area (Å²) in [5.74, 6) is 0.330. The molecule has 0 saturated heterocycles. The van der Waals surface area contributed by atoms with Crippen molar-refractivity contribution in [2.45, 2.75) is 17.4 Å². The summed E-state index contributed by atoms with van der Waals surface area (Å²) < 4.78 is 14.0. The average Bonchev–Trinajstić information content (AvgIpc) is 2.88. The lowest BCUT2D eigenvalue weighted by molar-refractivity contribution is 0.200. The topological polar surface area (TPSA) is 33.1 Å². The highest BCUT2D eigenvalue weighted by atomic mass is 32.2. The minimum absolute atomic E-state index is 0.241. The SMILES string of the molecule is OC(CSc1ccc(F)cc1)Cc1nc2ccccc2s1. The number of thioether (sulfide) groups is 1. The number of hydrogen-bond acceptors (Lipinski definition) is 4. The Morgan fingerprint density at radius 2 is 1.90 bits per heavy atom. The molecule has 0 bridgehead atoms. The number of halogens is 1. The number of hydrogen-bond donors (Lipinski definition) is 1. The molecule has 0 amide bonds. The van der Waals surface area contributed by atoms with E-state index in [-0.39, 0.29) is 5.82 Å². The van der Waals surface area contributed by atoms with Gasteiger partial charge in [0.25, 0.3) is 0 Å². The number of aromatic nitrogens is 1. The molecule has 1 aromatic heterocycles. The number of aliphatic hydroxyl groups excluding tert-OH is 1. The quantitative estimate of drug-likeness (QED) is 0.718. The van der Waals surface area contributed by atoms with Crippen molar-refractivity contribution in [3.05, 3.63) is 59.4 Å². The number of benzene rings is 2. The zero-order valence-electron chi connectivity index (χ0n) is 11.2. The fourth-order valence-electron chi connectivity index (χ4n) is 1.99. The first-order chi connectivity index (χ1) is 10.2. The van der Waals surface area contributed by atoms with Crippen LogP contribution in [0.1, 0.15) is 5.01 Å². The van der Waals surface area contributed by atoms with Gasteiger partial charge in [-0.05, 0) is 36.4 Å². The molecule has 0 aliphatic rings. The van der Waals surface area contributed by atoms with E-state index in [1.54, 1.807) is 23.5 Å².